The Bertz CT molecular complexity index is 792. The number of carbonyl (C=O) groups is 1. The topological polar surface area (TPSA) is 81.4 Å². The first-order valence-electron chi connectivity index (χ1n) is 8.00. The SMILES string of the molecule is COc1ccc(CNC(=O)c2c(C)cc(C3CCC3)oc2=O)cn1. The minimum absolute atomic E-state index is 0.0690. The van der Waals surface area contributed by atoms with Gasteiger partial charge in [-0.2, -0.15) is 0 Å². The second kappa shape index (κ2) is 6.86. The van der Waals surface area contributed by atoms with Gasteiger partial charge in [0.25, 0.3) is 5.91 Å². The molecule has 0 unspecified atom stereocenters. The number of aromatic nitrogens is 1. The van der Waals surface area contributed by atoms with E-state index < -0.39 is 11.5 Å². The fourth-order valence-electron chi connectivity index (χ4n) is 2.71. The van der Waals surface area contributed by atoms with E-state index in [4.69, 9.17) is 9.15 Å². The molecule has 1 aliphatic carbocycles. The molecule has 0 bridgehead atoms. The molecule has 1 saturated carbocycles. The van der Waals surface area contributed by atoms with Crippen molar-refractivity contribution in [3.63, 3.8) is 0 Å². The van der Waals surface area contributed by atoms with Gasteiger partial charge in [-0.05, 0) is 37.0 Å². The van der Waals surface area contributed by atoms with E-state index in [0.29, 0.717) is 23.1 Å². The monoisotopic (exact) mass is 328 g/mol. The first-order valence-corrected chi connectivity index (χ1v) is 8.00. The highest BCUT2D eigenvalue weighted by atomic mass is 16.5. The molecule has 24 heavy (non-hydrogen) atoms. The van der Waals surface area contributed by atoms with Gasteiger partial charge in [0.05, 0.1) is 7.11 Å². The number of carbonyl (C=O) groups excluding carboxylic acids is 1. The summed E-state index contributed by atoms with van der Waals surface area (Å²) >= 11 is 0. The van der Waals surface area contributed by atoms with Gasteiger partial charge in [-0.15, -0.1) is 0 Å². The normalized spacial score (nSPS) is 14.1. The highest BCUT2D eigenvalue weighted by Crippen LogP contribution is 2.36. The number of pyridine rings is 1. The third-order valence-corrected chi connectivity index (χ3v) is 4.36. The average molecular weight is 328 g/mol. The summed E-state index contributed by atoms with van der Waals surface area (Å²) in [6.45, 7) is 2.04. The Labute approximate surface area is 139 Å². The molecule has 1 aliphatic rings. The maximum absolute atomic E-state index is 12.3. The lowest BCUT2D eigenvalue weighted by Crippen LogP contribution is -2.29. The predicted octanol–water partition coefficient (Wildman–Crippen LogP) is 2.55. The van der Waals surface area contributed by atoms with Crippen LogP contribution in [0.4, 0.5) is 0 Å². The second-order valence-electron chi connectivity index (χ2n) is 6.01. The number of hydrogen-bond donors (Lipinski definition) is 1. The van der Waals surface area contributed by atoms with Crippen LogP contribution in [0.2, 0.25) is 0 Å². The van der Waals surface area contributed by atoms with Crippen molar-refractivity contribution in [2.45, 2.75) is 38.6 Å². The molecule has 6 nitrogen and oxygen atoms in total. The van der Waals surface area contributed by atoms with Crippen LogP contribution in [0.25, 0.3) is 0 Å². The Hall–Kier alpha value is -2.63. The number of nitrogens with zero attached hydrogens (tertiary/aromatic N) is 1. The molecule has 0 aliphatic heterocycles. The van der Waals surface area contributed by atoms with Crippen LogP contribution in [0.1, 0.15) is 52.4 Å². The quantitative estimate of drug-likeness (QED) is 0.912. The van der Waals surface area contributed by atoms with Crippen molar-refractivity contribution in [3.05, 3.63) is 57.3 Å². The van der Waals surface area contributed by atoms with Crippen LogP contribution >= 0.6 is 0 Å². The lowest BCUT2D eigenvalue weighted by atomic mass is 9.83. The minimum atomic E-state index is -0.567. The molecule has 2 aromatic heterocycles. The zero-order chi connectivity index (χ0) is 17.1. The van der Waals surface area contributed by atoms with Crippen molar-refractivity contribution in [3.8, 4) is 5.88 Å². The lowest BCUT2D eigenvalue weighted by Gasteiger charge is -2.24. The molecule has 0 saturated heterocycles. The van der Waals surface area contributed by atoms with Gasteiger partial charge in [0.15, 0.2) is 0 Å². The summed E-state index contributed by atoms with van der Waals surface area (Å²) in [5.41, 5.74) is 0.970. The summed E-state index contributed by atoms with van der Waals surface area (Å²) in [5, 5.41) is 2.73. The van der Waals surface area contributed by atoms with Crippen molar-refractivity contribution < 1.29 is 13.9 Å². The van der Waals surface area contributed by atoms with Gasteiger partial charge in [-0.1, -0.05) is 12.5 Å². The Morgan fingerprint density at radius 2 is 2.21 bits per heavy atom. The largest absolute Gasteiger partial charge is 0.481 e. The minimum Gasteiger partial charge on any atom is -0.481 e. The summed E-state index contributed by atoms with van der Waals surface area (Å²) in [5.74, 6) is 1.09. The van der Waals surface area contributed by atoms with Crippen molar-refractivity contribution in [1.29, 1.82) is 0 Å². The summed E-state index contributed by atoms with van der Waals surface area (Å²) in [6.07, 6.45) is 4.86. The summed E-state index contributed by atoms with van der Waals surface area (Å²) < 4.78 is 10.3. The van der Waals surface area contributed by atoms with Crippen LogP contribution in [0, 0.1) is 6.92 Å². The Morgan fingerprint density at radius 3 is 2.75 bits per heavy atom. The predicted molar refractivity (Wildman–Crippen MR) is 88.3 cm³/mol. The van der Waals surface area contributed by atoms with Gasteiger partial charge in [0.1, 0.15) is 11.3 Å². The van der Waals surface area contributed by atoms with Crippen molar-refractivity contribution in [2.24, 2.45) is 0 Å². The molecular formula is C18H20N2O4. The summed E-state index contributed by atoms with van der Waals surface area (Å²) in [6, 6.07) is 5.34. The second-order valence-corrected chi connectivity index (χ2v) is 6.01. The van der Waals surface area contributed by atoms with Gasteiger partial charge in [-0.3, -0.25) is 4.79 Å². The first kappa shape index (κ1) is 16.2. The Kier molecular flexibility index (Phi) is 4.64. The van der Waals surface area contributed by atoms with Gasteiger partial charge in [-0.25, -0.2) is 9.78 Å². The molecule has 1 N–H and O–H groups in total. The molecular weight excluding hydrogens is 308 g/mol. The molecule has 0 aromatic carbocycles. The van der Waals surface area contributed by atoms with Crippen molar-refractivity contribution >= 4 is 5.91 Å². The van der Waals surface area contributed by atoms with E-state index in [2.05, 4.69) is 10.3 Å². The number of nitrogens with one attached hydrogen (secondary N) is 1. The van der Waals surface area contributed by atoms with Crippen LogP contribution in [-0.2, 0) is 6.54 Å². The molecule has 126 valence electrons. The van der Waals surface area contributed by atoms with Crippen LogP contribution < -0.4 is 15.7 Å². The first-order chi connectivity index (χ1) is 11.6. The molecule has 6 heteroatoms. The standard InChI is InChI=1S/C18H20N2O4/c1-11-8-14(13-4-3-5-13)24-18(22)16(11)17(21)20-10-12-6-7-15(23-2)19-9-12/h6-9,13H,3-5,10H2,1-2H3,(H,20,21). The number of amides is 1. The zero-order valence-corrected chi connectivity index (χ0v) is 13.8. The van der Waals surface area contributed by atoms with Gasteiger partial charge in [0, 0.05) is 24.7 Å². The highest BCUT2D eigenvalue weighted by Gasteiger charge is 2.25. The van der Waals surface area contributed by atoms with Gasteiger partial charge < -0.3 is 14.5 Å². The number of ether oxygens (including phenoxy) is 1. The lowest BCUT2D eigenvalue weighted by molar-refractivity contribution is 0.0945. The van der Waals surface area contributed by atoms with E-state index in [9.17, 15) is 9.59 Å². The van der Waals surface area contributed by atoms with E-state index in [1.54, 1.807) is 32.4 Å². The number of methoxy groups -OCH3 is 1. The molecule has 2 heterocycles. The third kappa shape index (κ3) is 3.32. The maximum atomic E-state index is 12.3. The third-order valence-electron chi connectivity index (χ3n) is 4.36. The smallest absolute Gasteiger partial charge is 0.349 e. The number of rotatable bonds is 5. The molecule has 3 rings (SSSR count). The fourth-order valence-corrected chi connectivity index (χ4v) is 2.71. The van der Waals surface area contributed by atoms with E-state index in [-0.39, 0.29) is 12.1 Å². The van der Waals surface area contributed by atoms with Crippen LogP contribution in [-0.4, -0.2) is 18.0 Å². The van der Waals surface area contributed by atoms with Gasteiger partial charge in [0.2, 0.25) is 5.88 Å². The number of aryl methyl sites for hydroxylation is 1. The summed E-state index contributed by atoms with van der Waals surface area (Å²) in [7, 11) is 1.54. The molecule has 0 spiro atoms. The van der Waals surface area contributed by atoms with Crippen LogP contribution in [0.15, 0.2) is 33.6 Å². The maximum Gasteiger partial charge on any atom is 0.349 e. The molecule has 1 fully saturated rings. The molecule has 0 atom stereocenters. The Morgan fingerprint density at radius 1 is 1.42 bits per heavy atom. The molecule has 0 radical (unpaired) electrons. The Balaban J connectivity index is 1.71. The fraction of sp³-hybridized carbons (Fsp3) is 0.389. The van der Waals surface area contributed by atoms with E-state index in [0.717, 1.165) is 24.8 Å². The summed E-state index contributed by atoms with van der Waals surface area (Å²) in [4.78, 5) is 28.6. The van der Waals surface area contributed by atoms with E-state index in [1.807, 2.05) is 6.07 Å². The van der Waals surface area contributed by atoms with Crippen molar-refractivity contribution in [2.75, 3.05) is 7.11 Å². The van der Waals surface area contributed by atoms with Crippen LogP contribution in [0.5, 0.6) is 5.88 Å². The van der Waals surface area contributed by atoms with E-state index >= 15 is 0 Å². The van der Waals surface area contributed by atoms with Crippen molar-refractivity contribution in [1.82, 2.24) is 10.3 Å². The zero-order valence-electron chi connectivity index (χ0n) is 13.8. The molecule has 1 amide bonds. The van der Waals surface area contributed by atoms with Gasteiger partial charge >= 0.3 is 5.63 Å². The number of hydrogen-bond acceptors (Lipinski definition) is 5. The molecule has 2 aromatic rings. The van der Waals surface area contributed by atoms with Crippen LogP contribution in [0.3, 0.4) is 0 Å². The van der Waals surface area contributed by atoms with E-state index in [1.165, 1.54) is 0 Å². The average Bonchev–Trinajstić information content (AvgIpc) is 2.51. The highest BCUT2D eigenvalue weighted by molar-refractivity contribution is 5.95.